The third-order valence-corrected chi connectivity index (χ3v) is 3.03. The van der Waals surface area contributed by atoms with Crippen LogP contribution in [0.5, 0.6) is 0 Å². The second-order valence-corrected chi connectivity index (χ2v) is 4.03. The monoisotopic (exact) mass is 238 g/mol. The molecule has 0 radical (unpaired) electrons. The average Bonchev–Trinajstić information content (AvgIpc) is 2.63. The summed E-state index contributed by atoms with van der Waals surface area (Å²) in [6, 6.07) is 0. The topological polar surface area (TPSA) is 90.6 Å². The Morgan fingerprint density at radius 3 is 2.88 bits per heavy atom. The van der Waals surface area contributed by atoms with Gasteiger partial charge in [-0.15, -0.1) is 5.10 Å². The molecule has 0 spiro atoms. The Labute approximate surface area is 94.4 Å². The third kappa shape index (κ3) is 2.19. The molecule has 2 rings (SSSR count). The van der Waals surface area contributed by atoms with Crippen molar-refractivity contribution in [2.24, 2.45) is 0 Å². The third-order valence-electron chi connectivity index (χ3n) is 2.12. The number of nitrogens with one attached hydrogen (secondary N) is 3. The molecule has 2 heterocycles. The Kier molecular flexibility index (Phi) is 2.86. The van der Waals surface area contributed by atoms with E-state index in [2.05, 4.69) is 20.5 Å². The Hall–Kier alpha value is -1.89. The molecule has 0 aromatic carbocycles. The van der Waals surface area contributed by atoms with E-state index < -0.39 is 11.2 Å². The number of aromatic nitrogens is 3. The molecule has 16 heavy (non-hydrogen) atoms. The van der Waals surface area contributed by atoms with Crippen molar-refractivity contribution in [3.8, 4) is 0 Å². The maximum atomic E-state index is 11.3. The van der Waals surface area contributed by atoms with E-state index in [1.54, 1.807) is 11.3 Å². The predicted molar refractivity (Wildman–Crippen MR) is 61.9 cm³/mol. The molecule has 0 fully saturated rings. The minimum atomic E-state index is -0.609. The van der Waals surface area contributed by atoms with E-state index in [9.17, 15) is 9.59 Å². The smallest absolute Gasteiger partial charge is 0.342 e. The fourth-order valence-corrected chi connectivity index (χ4v) is 2.07. The average molecular weight is 238 g/mol. The second-order valence-electron chi connectivity index (χ2n) is 3.29. The van der Waals surface area contributed by atoms with E-state index in [0.29, 0.717) is 6.54 Å². The molecule has 0 bridgehead atoms. The molecular weight excluding hydrogens is 228 g/mol. The highest BCUT2D eigenvalue weighted by atomic mass is 32.1. The van der Waals surface area contributed by atoms with Gasteiger partial charge in [0, 0.05) is 6.54 Å². The van der Waals surface area contributed by atoms with Crippen molar-refractivity contribution in [3.05, 3.63) is 42.7 Å². The van der Waals surface area contributed by atoms with Crippen LogP contribution in [-0.2, 0) is 6.54 Å². The first-order chi connectivity index (χ1) is 7.66. The number of aromatic amines is 2. The zero-order valence-corrected chi connectivity index (χ0v) is 9.35. The van der Waals surface area contributed by atoms with Crippen LogP contribution in [0.15, 0.2) is 20.3 Å². The van der Waals surface area contributed by atoms with Gasteiger partial charge >= 0.3 is 5.69 Å². The van der Waals surface area contributed by atoms with Crippen molar-refractivity contribution in [2.75, 3.05) is 5.32 Å². The van der Waals surface area contributed by atoms with Crippen LogP contribution in [-0.4, -0.2) is 15.2 Å². The van der Waals surface area contributed by atoms with Crippen LogP contribution in [0.3, 0.4) is 0 Å². The van der Waals surface area contributed by atoms with Crippen LogP contribution in [0.4, 0.5) is 5.82 Å². The van der Waals surface area contributed by atoms with Gasteiger partial charge in [-0.3, -0.25) is 9.78 Å². The summed E-state index contributed by atoms with van der Waals surface area (Å²) < 4.78 is 0. The summed E-state index contributed by atoms with van der Waals surface area (Å²) >= 11 is 1.60. The van der Waals surface area contributed by atoms with E-state index in [0.717, 1.165) is 5.56 Å². The zero-order valence-electron chi connectivity index (χ0n) is 8.53. The Morgan fingerprint density at radius 2 is 2.25 bits per heavy atom. The summed E-state index contributed by atoms with van der Waals surface area (Å²) in [6.07, 6.45) is 0. The first-order valence-corrected chi connectivity index (χ1v) is 5.55. The highest BCUT2D eigenvalue weighted by Crippen LogP contribution is 2.13. The summed E-state index contributed by atoms with van der Waals surface area (Å²) in [5.41, 5.74) is 1.15. The minimum Gasteiger partial charge on any atom is -0.360 e. The van der Waals surface area contributed by atoms with Gasteiger partial charge in [0.05, 0.1) is 0 Å². The summed E-state index contributed by atoms with van der Waals surface area (Å²) in [6.45, 7) is 2.51. The summed E-state index contributed by atoms with van der Waals surface area (Å²) in [5, 5.41) is 12.7. The number of rotatable bonds is 3. The standard InChI is InChI=1S/C9H10N4O2S/c1-5-3-16-4-6(5)2-10-7-8(14)11-9(15)13-12-7/h3-4H,2H2,1H3,(H,10,12)(H2,11,13,14,15). The number of thiophene rings is 1. The lowest BCUT2D eigenvalue weighted by Gasteiger charge is -2.02. The van der Waals surface area contributed by atoms with Gasteiger partial charge in [-0.05, 0) is 28.8 Å². The van der Waals surface area contributed by atoms with Gasteiger partial charge < -0.3 is 5.32 Å². The van der Waals surface area contributed by atoms with Gasteiger partial charge in [-0.1, -0.05) is 0 Å². The van der Waals surface area contributed by atoms with E-state index in [-0.39, 0.29) is 5.82 Å². The lowest BCUT2D eigenvalue weighted by Crippen LogP contribution is -2.26. The molecule has 6 nitrogen and oxygen atoms in total. The van der Waals surface area contributed by atoms with Crippen molar-refractivity contribution >= 4 is 17.2 Å². The fraction of sp³-hybridized carbons (Fsp3) is 0.222. The Balaban J connectivity index is 2.14. The number of hydrogen-bond donors (Lipinski definition) is 3. The molecule has 0 aliphatic carbocycles. The van der Waals surface area contributed by atoms with Gasteiger partial charge in [0.1, 0.15) is 0 Å². The van der Waals surface area contributed by atoms with Crippen LogP contribution < -0.4 is 16.6 Å². The van der Waals surface area contributed by atoms with E-state index >= 15 is 0 Å². The molecular formula is C9H10N4O2S. The second kappa shape index (κ2) is 4.31. The van der Waals surface area contributed by atoms with E-state index in [1.807, 2.05) is 17.7 Å². The lowest BCUT2D eigenvalue weighted by atomic mass is 10.2. The Morgan fingerprint density at radius 1 is 1.44 bits per heavy atom. The molecule has 0 amide bonds. The first-order valence-electron chi connectivity index (χ1n) is 4.61. The molecule has 0 aliphatic heterocycles. The summed E-state index contributed by atoms with van der Waals surface area (Å²) in [7, 11) is 0. The normalized spacial score (nSPS) is 10.3. The molecule has 0 saturated heterocycles. The molecule has 0 atom stereocenters. The molecule has 0 aliphatic rings. The van der Waals surface area contributed by atoms with Gasteiger partial charge in [-0.25, -0.2) is 9.89 Å². The van der Waals surface area contributed by atoms with Crippen molar-refractivity contribution < 1.29 is 0 Å². The van der Waals surface area contributed by atoms with Crippen molar-refractivity contribution in [1.82, 2.24) is 15.2 Å². The number of H-pyrrole nitrogens is 2. The van der Waals surface area contributed by atoms with Gasteiger partial charge in [0.15, 0.2) is 0 Å². The summed E-state index contributed by atoms with van der Waals surface area (Å²) in [5.74, 6) is 0.116. The highest BCUT2D eigenvalue weighted by Gasteiger charge is 2.03. The van der Waals surface area contributed by atoms with Crippen LogP contribution in [0.2, 0.25) is 0 Å². The predicted octanol–water partition coefficient (Wildman–Crippen LogP) is 0.440. The summed E-state index contributed by atoms with van der Waals surface area (Å²) in [4.78, 5) is 24.1. The molecule has 2 aromatic heterocycles. The molecule has 0 unspecified atom stereocenters. The fourth-order valence-electron chi connectivity index (χ4n) is 1.21. The molecule has 84 valence electrons. The molecule has 3 N–H and O–H groups in total. The number of hydrogen-bond acceptors (Lipinski definition) is 5. The van der Waals surface area contributed by atoms with Crippen molar-refractivity contribution in [1.29, 1.82) is 0 Å². The largest absolute Gasteiger partial charge is 0.360 e. The van der Waals surface area contributed by atoms with Crippen LogP contribution in [0.1, 0.15) is 11.1 Å². The number of aryl methyl sites for hydroxylation is 1. The quantitative estimate of drug-likeness (QED) is 0.723. The first kappa shape index (κ1) is 10.6. The van der Waals surface area contributed by atoms with Crippen molar-refractivity contribution in [2.45, 2.75) is 13.5 Å². The van der Waals surface area contributed by atoms with E-state index in [1.165, 1.54) is 5.56 Å². The highest BCUT2D eigenvalue weighted by molar-refractivity contribution is 7.08. The lowest BCUT2D eigenvalue weighted by molar-refractivity contribution is 0.882. The SMILES string of the molecule is Cc1cscc1CNc1n[nH]c(=O)[nH]c1=O. The molecule has 2 aromatic rings. The van der Waals surface area contributed by atoms with Gasteiger partial charge in [-0.2, -0.15) is 11.3 Å². The minimum absolute atomic E-state index is 0.116. The van der Waals surface area contributed by atoms with Crippen LogP contribution >= 0.6 is 11.3 Å². The maximum absolute atomic E-state index is 11.3. The van der Waals surface area contributed by atoms with Gasteiger partial charge in [0.2, 0.25) is 5.82 Å². The van der Waals surface area contributed by atoms with Gasteiger partial charge in [0.25, 0.3) is 5.56 Å². The number of nitrogens with zero attached hydrogens (tertiary/aromatic N) is 1. The van der Waals surface area contributed by atoms with Crippen LogP contribution in [0, 0.1) is 6.92 Å². The molecule has 0 saturated carbocycles. The van der Waals surface area contributed by atoms with Crippen molar-refractivity contribution in [3.63, 3.8) is 0 Å². The van der Waals surface area contributed by atoms with Crippen LogP contribution in [0.25, 0.3) is 0 Å². The molecule has 7 heteroatoms. The maximum Gasteiger partial charge on any atom is 0.342 e. The number of anilines is 1. The Bertz CT molecular complexity index is 598. The zero-order chi connectivity index (χ0) is 11.5. The van der Waals surface area contributed by atoms with E-state index in [4.69, 9.17) is 0 Å².